The van der Waals surface area contributed by atoms with Crippen LogP contribution in [-0.2, 0) is 4.79 Å². The molecule has 0 unspecified atom stereocenters. The maximum absolute atomic E-state index is 12.6. The van der Waals surface area contributed by atoms with E-state index in [-0.39, 0.29) is 17.7 Å². The number of benzene rings is 2. The molecule has 1 heterocycles. The van der Waals surface area contributed by atoms with Gasteiger partial charge in [-0.2, -0.15) is 0 Å². The van der Waals surface area contributed by atoms with E-state index in [0.717, 1.165) is 5.56 Å². The molecule has 0 saturated carbocycles. The lowest BCUT2D eigenvalue weighted by Gasteiger charge is -2.19. The largest absolute Gasteiger partial charge is 0.346 e. The predicted octanol–water partition coefficient (Wildman–Crippen LogP) is 4.62. The predicted molar refractivity (Wildman–Crippen MR) is 103 cm³/mol. The van der Waals surface area contributed by atoms with Gasteiger partial charge in [0.05, 0.1) is 12.5 Å². The van der Waals surface area contributed by atoms with Crippen LogP contribution in [0.1, 0.15) is 40.9 Å². The van der Waals surface area contributed by atoms with E-state index in [4.69, 9.17) is 0 Å². The van der Waals surface area contributed by atoms with Gasteiger partial charge in [0.1, 0.15) is 0 Å². The van der Waals surface area contributed by atoms with Crippen LogP contribution >= 0.6 is 0 Å². The van der Waals surface area contributed by atoms with Gasteiger partial charge < -0.3 is 9.88 Å². The van der Waals surface area contributed by atoms with Crippen molar-refractivity contribution in [1.82, 2.24) is 4.57 Å². The van der Waals surface area contributed by atoms with E-state index in [9.17, 15) is 9.59 Å². The summed E-state index contributed by atoms with van der Waals surface area (Å²) in [6, 6.07) is 19.1. The van der Waals surface area contributed by atoms with Gasteiger partial charge in [-0.3, -0.25) is 9.59 Å². The van der Waals surface area contributed by atoms with Crippen LogP contribution in [0, 0.1) is 6.92 Å². The van der Waals surface area contributed by atoms with E-state index in [1.165, 1.54) is 12.5 Å². The molecule has 1 aromatic heterocycles. The fourth-order valence-electron chi connectivity index (χ4n) is 2.94. The number of aromatic nitrogens is 1. The highest BCUT2D eigenvalue weighted by atomic mass is 16.1. The molecule has 0 aliphatic carbocycles. The van der Waals surface area contributed by atoms with Crippen molar-refractivity contribution in [1.29, 1.82) is 0 Å². The summed E-state index contributed by atoms with van der Waals surface area (Å²) in [5.74, 6) is -0.115. The minimum Gasteiger partial charge on any atom is -0.346 e. The molecule has 1 N–H and O–H groups in total. The molecule has 3 rings (SSSR count). The van der Waals surface area contributed by atoms with Gasteiger partial charge in [0.2, 0.25) is 5.91 Å². The molecular weight excluding hydrogens is 324 g/mol. The van der Waals surface area contributed by atoms with Gasteiger partial charge in [0.15, 0.2) is 5.78 Å². The molecule has 0 spiro atoms. The van der Waals surface area contributed by atoms with E-state index >= 15 is 0 Å². The van der Waals surface area contributed by atoms with Gasteiger partial charge in [-0.25, -0.2) is 0 Å². The lowest BCUT2D eigenvalue weighted by molar-refractivity contribution is -0.116. The molecule has 4 nitrogen and oxygen atoms in total. The average molecular weight is 346 g/mol. The van der Waals surface area contributed by atoms with Crippen LogP contribution < -0.4 is 5.32 Å². The van der Waals surface area contributed by atoms with E-state index < -0.39 is 0 Å². The summed E-state index contributed by atoms with van der Waals surface area (Å²) in [6.07, 6.45) is 4.24. The number of hydrogen-bond acceptors (Lipinski definition) is 2. The van der Waals surface area contributed by atoms with Gasteiger partial charge in [0, 0.05) is 23.6 Å². The zero-order valence-electron chi connectivity index (χ0n) is 15.0. The minimum atomic E-state index is -0.0926. The standard InChI is InChI=1S/C22H22N2O2/c1-16-8-10-18(11-9-16)21(24-12-3-4-13-24)15-22(26)23-20-7-5-6-19(14-20)17(2)25/h3-14,21H,15H2,1-2H3,(H,23,26)/t21-/m1/s1. The Balaban J connectivity index is 1.78. The number of carbonyl (C=O) groups is 2. The van der Waals surface area contributed by atoms with Crippen molar-refractivity contribution >= 4 is 17.4 Å². The Morgan fingerprint density at radius 2 is 1.69 bits per heavy atom. The van der Waals surface area contributed by atoms with Crippen LogP contribution in [0.2, 0.25) is 0 Å². The van der Waals surface area contributed by atoms with Crippen LogP contribution in [-0.4, -0.2) is 16.3 Å². The van der Waals surface area contributed by atoms with Crippen molar-refractivity contribution in [3.05, 3.63) is 89.7 Å². The van der Waals surface area contributed by atoms with Crippen molar-refractivity contribution in [2.45, 2.75) is 26.3 Å². The lowest BCUT2D eigenvalue weighted by Crippen LogP contribution is -2.19. The van der Waals surface area contributed by atoms with Crippen LogP contribution in [0.3, 0.4) is 0 Å². The van der Waals surface area contributed by atoms with Crippen molar-refractivity contribution < 1.29 is 9.59 Å². The number of ketones is 1. The Hall–Kier alpha value is -3.14. The molecule has 0 aliphatic rings. The van der Waals surface area contributed by atoms with Crippen LogP contribution in [0.4, 0.5) is 5.69 Å². The number of carbonyl (C=O) groups excluding carboxylic acids is 2. The molecular formula is C22H22N2O2. The Morgan fingerprint density at radius 3 is 2.35 bits per heavy atom. The highest BCUT2D eigenvalue weighted by molar-refractivity contribution is 5.97. The first-order chi connectivity index (χ1) is 12.5. The topological polar surface area (TPSA) is 51.1 Å². The smallest absolute Gasteiger partial charge is 0.226 e. The summed E-state index contributed by atoms with van der Waals surface area (Å²) in [6.45, 7) is 3.56. The first-order valence-electron chi connectivity index (χ1n) is 8.63. The van der Waals surface area contributed by atoms with E-state index in [1.54, 1.807) is 24.3 Å². The Morgan fingerprint density at radius 1 is 1.00 bits per heavy atom. The minimum absolute atomic E-state index is 0.0222. The maximum Gasteiger partial charge on any atom is 0.226 e. The molecule has 26 heavy (non-hydrogen) atoms. The third-order valence-corrected chi connectivity index (χ3v) is 4.38. The quantitative estimate of drug-likeness (QED) is 0.662. The average Bonchev–Trinajstić information content (AvgIpc) is 3.15. The number of aryl methyl sites for hydroxylation is 1. The third kappa shape index (κ3) is 4.28. The fraction of sp³-hybridized carbons (Fsp3) is 0.182. The van der Waals surface area contributed by atoms with Gasteiger partial charge in [-0.15, -0.1) is 0 Å². The first kappa shape index (κ1) is 17.7. The summed E-state index contributed by atoms with van der Waals surface area (Å²) < 4.78 is 2.04. The molecule has 1 atom stereocenters. The van der Waals surface area contributed by atoms with Crippen molar-refractivity contribution in [2.75, 3.05) is 5.32 Å². The molecule has 1 amide bonds. The summed E-state index contributed by atoms with van der Waals surface area (Å²) >= 11 is 0. The van der Waals surface area contributed by atoms with Crippen LogP contribution in [0.5, 0.6) is 0 Å². The Bertz CT molecular complexity index is 896. The van der Waals surface area contributed by atoms with Gasteiger partial charge in [0.25, 0.3) is 0 Å². The highest BCUT2D eigenvalue weighted by Gasteiger charge is 2.17. The van der Waals surface area contributed by atoms with E-state index in [1.807, 2.05) is 36.0 Å². The molecule has 0 bridgehead atoms. The zero-order valence-corrected chi connectivity index (χ0v) is 15.0. The van der Waals surface area contributed by atoms with Crippen LogP contribution in [0.25, 0.3) is 0 Å². The second-order valence-corrected chi connectivity index (χ2v) is 6.45. The molecule has 132 valence electrons. The lowest BCUT2D eigenvalue weighted by atomic mass is 10.0. The second-order valence-electron chi connectivity index (χ2n) is 6.45. The second kappa shape index (κ2) is 7.83. The van der Waals surface area contributed by atoms with Gasteiger partial charge >= 0.3 is 0 Å². The molecule has 0 aliphatic heterocycles. The summed E-state index contributed by atoms with van der Waals surface area (Å²) in [7, 11) is 0. The summed E-state index contributed by atoms with van der Waals surface area (Å²) in [5, 5.41) is 2.91. The number of Topliss-reactive ketones (excluding diaryl/α,β-unsaturated/α-hetero) is 1. The maximum atomic E-state index is 12.6. The molecule has 4 heteroatoms. The number of nitrogens with zero attached hydrogens (tertiary/aromatic N) is 1. The van der Waals surface area contributed by atoms with E-state index in [0.29, 0.717) is 17.7 Å². The summed E-state index contributed by atoms with van der Waals surface area (Å²) in [4.78, 5) is 24.1. The molecule has 0 radical (unpaired) electrons. The fourth-order valence-corrected chi connectivity index (χ4v) is 2.94. The van der Waals surface area contributed by atoms with Gasteiger partial charge in [-0.1, -0.05) is 42.0 Å². The summed E-state index contributed by atoms with van der Waals surface area (Å²) in [5.41, 5.74) is 3.49. The molecule has 0 saturated heterocycles. The SMILES string of the molecule is CC(=O)c1cccc(NC(=O)C[C@H](c2ccc(C)cc2)n2cccc2)c1. The Labute approximate surface area is 153 Å². The van der Waals surface area contributed by atoms with E-state index in [2.05, 4.69) is 29.6 Å². The van der Waals surface area contributed by atoms with Crippen molar-refractivity contribution in [3.8, 4) is 0 Å². The first-order valence-corrected chi connectivity index (χ1v) is 8.63. The zero-order chi connectivity index (χ0) is 18.5. The van der Waals surface area contributed by atoms with Crippen molar-refractivity contribution in [2.24, 2.45) is 0 Å². The van der Waals surface area contributed by atoms with Gasteiger partial charge in [-0.05, 0) is 43.7 Å². The number of nitrogens with one attached hydrogen (secondary N) is 1. The Kier molecular flexibility index (Phi) is 5.32. The number of anilines is 1. The molecule has 3 aromatic rings. The normalized spacial score (nSPS) is 11.8. The molecule has 0 fully saturated rings. The monoisotopic (exact) mass is 346 g/mol. The number of hydrogen-bond donors (Lipinski definition) is 1. The van der Waals surface area contributed by atoms with Crippen LogP contribution in [0.15, 0.2) is 73.1 Å². The third-order valence-electron chi connectivity index (χ3n) is 4.38. The van der Waals surface area contributed by atoms with Crippen molar-refractivity contribution in [3.63, 3.8) is 0 Å². The molecule has 2 aromatic carbocycles. The number of amides is 1. The highest BCUT2D eigenvalue weighted by Crippen LogP contribution is 2.24. The number of rotatable bonds is 6.